The summed E-state index contributed by atoms with van der Waals surface area (Å²) in [5.74, 6) is 0.593. The number of amides is 1. The van der Waals surface area contributed by atoms with Gasteiger partial charge < -0.3 is 5.32 Å². The number of carbonyl (C=O) groups excluding carboxylic acids is 1. The minimum absolute atomic E-state index is 0.286. The highest BCUT2D eigenvalue weighted by atomic mass is 32.2. The molecule has 1 atom stereocenters. The number of aromatic nitrogens is 3. The molecule has 0 fully saturated rings. The fraction of sp³-hybridized carbons (Fsp3) is 0.727. The molecular formula is C11H21N5O3S. The molecule has 0 radical (unpaired) electrons. The van der Waals surface area contributed by atoms with Gasteiger partial charge in [-0.25, -0.2) is 18.1 Å². The summed E-state index contributed by atoms with van der Waals surface area (Å²) in [4.78, 5) is 15.9. The molecular weight excluding hydrogens is 282 g/mol. The minimum Gasteiger partial charge on any atom is -0.345 e. The zero-order chi connectivity index (χ0) is 15.3. The van der Waals surface area contributed by atoms with Crippen LogP contribution in [-0.4, -0.2) is 41.9 Å². The number of nitrogens with one attached hydrogen (secondary N) is 2. The summed E-state index contributed by atoms with van der Waals surface area (Å²) in [6.07, 6.45) is 3.12. The SMILES string of the molecule is CC(C)CC(NC(=O)CNS(C)(=O)=O)c1ncnn1C. The van der Waals surface area contributed by atoms with Gasteiger partial charge in [-0.1, -0.05) is 13.8 Å². The van der Waals surface area contributed by atoms with E-state index >= 15 is 0 Å². The van der Waals surface area contributed by atoms with Gasteiger partial charge in [0.15, 0.2) is 0 Å². The molecule has 0 bridgehead atoms. The Balaban J connectivity index is 2.71. The molecule has 8 nitrogen and oxygen atoms in total. The minimum atomic E-state index is -3.38. The van der Waals surface area contributed by atoms with Gasteiger partial charge in [-0.15, -0.1) is 0 Å². The summed E-state index contributed by atoms with van der Waals surface area (Å²) in [6, 6.07) is -0.295. The topological polar surface area (TPSA) is 106 Å². The van der Waals surface area contributed by atoms with E-state index in [0.29, 0.717) is 18.2 Å². The first-order chi connectivity index (χ1) is 9.19. The molecule has 1 unspecified atom stereocenters. The molecule has 1 aromatic rings. The molecule has 1 rings (SSSR count). The molecule has 1 heterocycles. The average Bonchev–Trinajstić information content (AvgIpc) is 2.70. The van der Waals surface area contributed by atoms with Crippen molar-refractivity contribution in [1.82, 2.24) is 24.8 Å². The van der Waals surface area contributed by atoms with E-state index in [1.165, 1.54) is 6.33 Å². The lowest BCUT2D eigenvalue weighted by Crippen LogP contribution is -2.39. The van der Waals surface area contributed by atoms with E-state index < -0.39 is 15.9 Å². The quantitative estimate of drug-likeness (QED) is 0.711. The molecule has 114 valence electrons. The van der Waals surface area contributed by atoms with Gasteiger partial charge >= 0.3 is 0 Å². The second-order valence-corrected chi connectivity index (χ2v) is 6.92. The lowest BCUT2D eigenvalue weighted by atomic mass is 10.0. The van der Waals surface area contributed by atoms with Crippen LogP contribution in [0.15, 0.2) is 6.33 Å². The monoisotopic (exact) mass is 303 g/mol. The highest BCUT2D eigenvalue weighted by molar-refractivity contribution is 7.88. The van der Waals surface area contributed by atoms with Gasteiger partial charge in [0.1, 0.15) is 12.2 Å². The summed E-state index contributed by atoms with van der Waals surface area (Å²) in [7, 11) is -1.64. The summed E-state index contributed by atoms with van der Waals surface area (Å²) in [5, 5.41) is 6.76. The predicted octanol–water partition coefficient (Wildman–Crippen LogP) is -0.432. The van der Waals surface area contributed by atoms with Gasteiger partial charge in [0.25, 0.3) is 0 Å². The molecule has 0 saturated carbocycles. The van der Waals surface area contributed by atoms with Crippen LogP contribution in [0.5, 0.6) is 0 Å². The van der Waals surface area contributed by atoms with E-state index in [-0.39, 0.29) is 12.6 Å². The maximum atomic E-state index is 11.8. The Morgan fingerprint density at radius 1 is 1.45 bits per heavy atom. The molecule has 0 saturated heterocycles. The molecule has 0 aliphatic carbocycles. The lowest BCUT2D eigenvalue weighted by Gasteiger charge is -2.19. The fourth-order valence-corrected chi connectivity index (χ4v) is 2.16. The van der Waals surface area contributed by atoms with Crippen LogP contribution in [0.3, 0.4) is 0 Å². The van der Waals surface area contributed by atoms with Gasteiger partial charge in [-0.05, 0) is 12.3 Å². The largest absolute Gasteiger partial charge is 0.345 e. The predicted molar refractivity (Wildman–Crippen MR) is 74.2 cm³/mol. The third kappa shape index (κ3) is 5.66. The lowest BCUT2D eigenvalue weighted by molar-refractivity contribution is -0.120. The molecule has 0 spiro atoms. The van der Waals surface area contributed by atoms with Gasteiger partial charge in [-0.3, -0.25) is 9.48 Å². The molecule has 1 aromatic heterocycles. The summed E-state index contributed by atoms with van der Waals surface area (Å²) >= 11 is 0. The third-order valence-electron chi connectivity index (χ3n) is 2.60. The van der Waals surface area contributed by atoms with Crippen LogP contribution in [0.2, 0.25) is 0 Å². The Kier molecular flexibility index (Phi) is 5.63. The Hall–Kier alpha value is -1.48. The number of nitrogens with zero attached hydrogens (tertiary/aromatic N) is 3. The number of carbonyl (C=O) groups is 1. The van der Waals surface area contributed by atoms with Crippen LogP contribution in [0.4, 0.5) is 0 Å². The molecule has 20 heavy (non-hydrogen) atoms. The van der Waals surface area contributed by atoms with Crippen molar-refractivity contribution in [2.75, 3.05) is 12.8 Å². The summed E-state index contributed by atoms with van der Waals surface area (Å²) < 4.78 is 25.7. The van der Waals surface area contributed by atoms with Crippen molar-refractivity contribution >= 4 is 15.9 Å². The van der Waals surface area contributed by atoms with Crippen LogP contribution >= 0.6 is 0 Å². The van der Waals surface area contributed by atoms with Crippen LogP contribution in [0, 0.1) is 5.92 Å². The first-order valence-corrected chi connectivity index (χ1v) is 8.16. The second kappa shape index (κ2) is 6.80. The van der Waals surface area contributed by atoms with E-state index in [1.54, 1.807) is 11.7 Å². The standard InChI is InChI=1S/C11H21N5O3S/c1-8(2)5-9(11-12-7-13-16(11)3)15-10(17)6-14-20(4,18)19/h7-9,14H,5-6H2,1-4H3,(H,15,17). The van der Waals surface area contributed by atoms with E-state index in [2.05, 4.69) is 20.1 Å². The summed E-state index contributed by atoms with van der Waals surface area (Å²) in [5.41, 5.74) is 0. The summed E-state index contributed by atoms with van der Waals surface area (Å²) in [6.45, 7) is 3.78. The Bertz CT molecular complexity index is 552. The van der Waals surface area contributed by atoms with Gasteiger partial charge in [-0.2, -0.15) is 5.10 Å². The zero-order valence-corrected chi connectivity index (χ0v) is 12.9. The highest BCUT2D eigenvalue weighted by Gasteiger charge is 2.20. The first kappa shape index (κ1) is 16.6. The Morgan fingerprint density at radius 2 is 2.10 bits per heavy atom. The Morgan fingerprint density at radius 3 is 2.55 bits per heavy atom. The van der Waals surface area contributed by atoms with Crippen molar-refractivity contribution in [2.24, 2.45) is 13.0 Å². The Labute approximate surface area is 119 Å². The van der Waals surface area contributed by atoms with E-state index in [4.69, 9.17) is 0 Å². The molecule has 0 aliphatic rings. The smallest absolute Gasteiger partial charge is 0.235 e. The number of hydrogen-bond acceptors (Lipinski definition) is 5. The van der Waals surface area contributed by atoms with Crippen LogP contribution in [0.25, 0.3) is 0 Å². The van der Waals surface area contributed by atoms with E-state index in [0.717, 1.165) is 6.26 Å². The maximum absolute atomic E-state index is 11.8. The second-order valence-electron chi connectivity index (χ2n) is 5.08. The number of rotatable bonds is 7. The van der Waals surface area contributed by atoms with Gasteiger partial charge in [0.05, 0.1) is 18.8 Å². The van der Waals surface area contributed by atoms with Crippen LogP contribution in [0.1, 0.15) is 32.1 Å². The third-order valence-corrected chi connectivity index (χ3v) is 3.26. The zero-order valence-electron chi connectivity index (χ0n) is 12.1. The molecule has 0 aromatic carbocycles. The first-order valence-electron chi connectivity index (χ1n) is 6.27. The maximum Gasteiger partial charge on any atom is 0.235 e. The highest BCUT2D eigenvalue weighted by Crippen LogP contribution is 2.18. The number of hydrogen-bond donors (Lipinski definition) is 2. The van der Waals surface area contributed by atoms with Crippen LogP contribution < -0.4 is 10.0 Å². The van der Waals surface area contributed by atoms with Crippen molar-refractivity contribution in [3.05, 3.63) is 12.2 Å². The molecule has 1 amide bonds. The van der Waals surface area contributed by atoms with E-state index in [1.807, 2.05) is 13.8 Å². The van der Waals surface area contributed by atoms with Crippen LogP contribution in [-0.2, 0) is 21.9 Å². The van der Waals surface area contributed by atoms with Crippen molar-refractivity contribution < 1.29 is 13.2 Å². The number of aryl methyl sites for hydroxylation is 1. The average molecular weight is 303 g/mol. The van der Waals surface area contributed by atoms with Crippen molar-refractivity contribution in [1.29, 1.82) is 0 Å². The van der Waals surface area contributed by atoms with Crippen molar-refractivity contribution in [2.45, 2.75) is 26.3 Å². The van der Waals surface area contributed by atoms with Crippen molar-refractivity contribution in [3.8, 4) is 0 Å². The van der Waals surface area contributed by atoms with Gasteiger partial charge in [0.2, 0.25) is 15.9 Å². The fourth-order valence-electron chi connectivity index (χ4n) is 1.76. The van der Waals surface area contributed by atoms with Crippen molar-refractivity contribution in [3.63, 3.8) is 0 Å². The van der Waals surface area contributed by atoms with E-state index in [9.17, 15) is 13.2 Å². The molecule has 9 heteroatoms. The molecule has 2 N–H and O–H groups in total. The number of sulfonamides is 1. The normalized spacial score (nSPS) is 13.4. The molecule has 0 aliphatic heterocycles. The van der Waals surface area contributed by atoms with Gasteiger partial charge in [0, 0.05) is 7.05 Å².